The van der Waals surface area contributed by atoms with E-state index < -0.39 is 6.09 Å². The van der Waals surface area contributed by atoms with Crippen LogP contribution in [0.3, 0.4) is 0 Å². The number of aliphatic imine (C=N–C) groups is 1. The lowest BCUT2D eigenvalue weighted by molar-refractivity contribution is -0.729. The molecule has 1 aliphatic rings. The van der Waals surface area contributed by atoms with Crippen molar-refractivity contribution in [3.63, 3.8) is 0 Å². The molecule has 9 heteroatoms. The number of rotatable bonds is 4. The first kappa shape index (κ1) is 20.5. The average Bonchev–Trinajstić information content (AvgIpc) is 3.01. The van der Waals surface area contributed by atoms with Crippen LogP contribution < -0.4 is 9.64 Å². The summed E-state index contributed by atoms with van der Waals surface area (Å²) in [5, 5.41) is 9.09. The molecule has 3 rings (SSSR count). The Bertz CT molecular complexity index is 1000. The van der Waals surface area contributed by atoms with E-state index in [4.69, 9.17) is 9.94 Å². The van der Waals surface area contributed by atoms with Gasteiger partial charge in [0.15, 0.2) is 5.17 Å². The van der Waals surface area contributed by atoms with Crippen LogP contribution in [-0.4, -0.2) is 33.1 Å². The predicted octanol–water partition coefficient (Wildman–Crippen LogP) is 4.55. The van der Waals surface area contributed by atoms with Crippen molar-refractivity contribution in [2.45, 2.75) is 26.7 Å². The van der Waals surface area contributed by atoms with Gasteiger partial charge in [-0.2, -0.15) is 0 Å². The molecule has 1 fully saturated rings. The van der Waals surface area contributed by atoms with Gasteiger partial charge in [0.25, 0.3) is 4.92 Å². The van der Waals surface area contributed by atoms with E-state index in [1.54, 1.807) is 0 Å². The fourth-order valence-electron chi connectivity index (χ4n) is 2.86. The molecule has 2 amide bonds. The molecule has 2 aromatic carbocycles. The lowest BCUT2D eigenvalue weighted by Crippen LogP contribution is -2.31. The minimum absolute atomic E-state index is 0.0000969. The van der Waals surface area contributed by atoms with Gasteiger partial charge in [0.05, 0.1) is 16.3 Å². The van der Waals surface area contributed by atoms with Crippen molar-refractivity contribution in [3.8, 4) is 5.75 Å². The molecule has 0 bridgehead atoms. The second kappa shape index (κ2) is 8.44. The van der Waals surface area contributed by atoms with Gasteiger partial charge in [-0.15, -0.1) is 4.99 Å². The van der Waals surface area contributed by atoms with E-state index in [1.165, 1.54) is 40.9 Å². The van der Waals surface area contributed by atoms with Gasteiger partial charge in [-0.3, -0.25) is 9.69 Å². The highest BCUT2D eigenvalue weighted by Crippen LogP contribution is 2.34. The quantitative estimate of drug-likeness (QED) is 0.737. The fourth-order valence-corrected chi connectivity index (χ4v) is 3.71. The van der Waals surface area contributed by atoms with Crippen LogP contribution >= 0.6 is 11.8 Å². The first-order valence-corrected chi connectivity index (χ1v) is 9.88. The Kier molecular flexibility index (Phi) is 5.97. The van der Waals surface area contributed by atoms with Gasteiger partial charge in [0, 0.05) is 12.1 Å². The molecule has 1 N–H and O–H groups in total. The number of ether oxygens (including phenoxy) is 1. The zero-order valence-electron chi connectivity index (χ0n) is 16.2. The molecule has 2 aromatic rings. The lowest BCUT2D eigenvalue weighted by atomic mass is 9.99. The Morgan fingerprint density at radius 2 is 1.93 bits per heavy atom. The van der Waals surface area contributed by atoms with Crippen molar-refractivity contribution < 1.29 is 24.5 Å². The molecule has 0 saturated carbocycles. The number of benzene rings is 2. The summed E-state index contributed by atoms with van der Waals surface area (Å²) in [5.41, 5.74) is 2.69. The number of nitrogens with zero attached hydrogens (tertiary/aromatic N) is 3. The first-order valence-electron chi connectivity index (χ1n) is 8.89. The second-order valence-corrected chi connectivity index (χ2v) is 7.71. The van der Waals surface area contributed by atoms with Crippen molar-refractivity contribution >= 4 is 40.3 Å². The molecule has 0 aliphatic carbocycles. The Hall–Kier alpha value is -3.20. The van der Waals surface area contributed by atoms with Crippen molar-refractivity contribution in [1.82, 2.24) is 0 Å². The number of thioether (sulfide) groups is 1. The van der Waals surface area contributed by atoms with Gasteiger partial charge < -0.3 is 4.74 Å². The van der Waals surface area contributed by atoms with Crippen LogP contribution in [0.2, 0.25) is 0 Å². The third-order valence-electron chi connectivity index (χ3n) is 4.26. The van der Waals surface area contributed by atoms with E-state index in [1.807, 2.05) is 39.0 Å². The number of hydrogen-bond acceptors (Lipinski definition) is 5. The molecule has 1 aliphatic heterocycles. The first-order chi connectivity index (χ1) is 13.8. The largest absolute Gasteiger partial charge is 0.441 e. The highest BCUT2D eigenvalue weighted by Gasteiger charge is 2.32. The van der Waals surface area contributed by atoms with Crippen LogP contribution in [0.1, 0.15) is 30.9 Å². The monoisotopic (exact) mass is 414 g/mol. The number of aryl methyl sites for hydroxylation is 1. The summed E-state index contributed by atoms with van der Waals surface area (Å²) < 4.78 is 5.15. The summed E-state index contributed by atoms with van der Waals surface area (Å²) in [5.74, 6) is 0.367. The van der Waals surface area contributed by atoms with Crippen LogP contribution in [0.5, 0.6) is 5.75 Å². The van der Waals surface area contributed by atoms with Crippen molar-refractivity contribution in [1.29, 1.82) is 0 Å². The summed E-state index contributed by atoms with van der Waals surface area (Å²) in [6.45, 7) is 6.00. The molecule has 0 unspecified atom stereocenters. The van der Waals surface area contributed by atoms with Crippen LogP contribution in [0.25, 0.3) is 0 Å². The summed E-state index contributed by atoms with van der Waals surface area (Å²) in [6.07, 6.45) is -0.887. The maximum Gasteiger partial charge on any atom is 0.441 e. The van der Waals surface area contributed by atoms with E-state index in [2.05, 4.69) is 4.99 Å². The minimum Gasteiger partial charge on any atom is -0.409 e. The Balaban J connectivity index is 1.86. The van der Waals surface area contributed by atoms with E-state index in [-0.39, 0.29) is 39.1 Å². The highest BCUT2D eigenvalue weighted by molar-refractivity contribution is 8.15. The number of amidine groups is 1. The van der Waals surface area contributed by atoms with Crippen molar-refractivity contribution in [3.05, 3.63) is 58.5 Å². The molecular weight excluding hydrogens is 394 g/mol. The van der Waals surface area contributed by atoms with Crippen LogP contribution in [0.4, 0.5) is 16.2 Å². The van der Waals surface area contributed by atoms with Gasteiger partial charge in [0.2, 0.25) is 5.91 Å². The van der Waals surface area contributed by atoms with Crippen molar-refractivity contribution in [2.24, 2.45) is 4.99 Å². The van der Waals surface area contributed by atoms with Crippen molar-refractivity contribution in [2.75, 3.05) is 10.7 Å². The zero-order valence-corrected chi connectivity index (χ0v) is 17.0. The van der Waals surface area contributed by atoms with Gasteiger partial charge >= 0.3 is 11.8 Å². The number of anilines is 1. The number of carbonyl (C=O) groups is 2. The number of carbonyl (C=O) groups excluding carboxylic acids is 2. The number of hydrogen-bond donors (Lipinski definition) is 1. The van der Waals surface area contributed by atoms with E-state index >= 15 is 0 Å². The summed E-state index contributed by atoms with van der Waals surface area (Å²) in [4.78, 5) is 40.7. The van der Waals surface area contributed by atoms with Gasteiger partial charge in [-0.05, 0) is 42.2 Å². The summed E-state index contributed by atoms with van der Waals surface area (Å²) in [6, 6.07) is 11.2. The lowest BCUT2D eigenvalue weighted by Gasteiger charge is -2.22. The van der Waals surface area contributed by atoms with Crippen LogP contribution in [-0.2, 0) is 4.79 Å². The Morgan fingerprint density at radius 3 is 2.55 bits per heavy atom. The molecule has 0 radical (unpaired) electrons. The smallest absolute Gasteiger partial charge is 0.409 e. The molecule has 0 atom stereocenters. The van der Waals surface area contributed by atoms with E-state index in [0.29, 0.717) is 5.69 Å². The highest BCUT2D eigenvalue weighted by atomic mass is 32.2. The summed E-state index contributed by atoms with van der Waals surface area (Å²) in [7, 11) is 0. The van der Waals surface area contributed by atoms with Crippen LogP contribution in [0.15, 0.2) is 47.5 Å². The Labute approximate surface area is 171 Å². The summed E-state index contributed by atoms with van der Waals surface area (Å²) >= 11 is 1.17. The molecule has 8 nitrogen and oxygen atoms in total. The molecule has 1 heterocycles. The Morgan fingerprint density at radius 1 is 1.24 bits per heavy atom. The minimum atomic E-state index is -0.887. The van der Waals surface area contributed by atoms with Crippen LogP contribution in [0, 0.1) is 11.8 Å². The van der Waals surface area contributed by atoms with E-state index in [9.17, 15) is 14.5 Å². The fraction of sp³-hybridized carbons (Fsp3) is 0.250. The molecule has 1 saturated heterocycles. The average molecular weight is 414 g/mol. The molecule has 29 heavy (non-hydrogen) atoms. The maximum atomic E-state index is 12.5. The third-order valence-corrected chi connectivity index (χ3v) is 5.19. The SMILES string of the molecule is Cc1ccc(C(C)C)c(N2C(=O)CS/C2=N\C(=O)Oc2ccc([N+](=O)O)cc2)c1. The van der Waals surface area contributed by atoms with E-state index in [0.717, 1.165) is 11.1 Å². The molecule has 0 aromatic heterocycles. The van der Waals surface area contributed by atoms with Gasteiger partial charge in [0.1, 0.15) is 5.75 Å². The van der Waals surface area contributed by atoms with Gasteiger partial charge in [-0.1, -0.05) is 37.7 Å². The molecule has 0 spiro atoms. The zero-order chi connectivity index (χ0) is 21.1. The third kappa shape index (κ3) is 4.62. The second-order valence-electron chi connectivity index (χ2n) is 6.76. The predicted molar refractivity (Wildman–Crippen MR) is 110 cm³/mol. The molecule has 150 valence electrons. The normalized spacial score (nSPS) is 15.2. The standard InChI is InChI=1S/C20H20N3O5S/c1-12(2)16-9-4-13(3)10-17(16)22-18(24)11-29-19(22)21-20(25)28-15-7-5-14(6-8-15)23(26)27/h4-10,12H,11H2,1-3H3,(H,26,27)/q+1/b21-19-. The number of amides is 2. The maximum absolute atomic E-state index is 12.5. The topological polar surface area (TPSA) is 99.3 Å². The van der Waals surface area contributed by atoms with Gasteiger partial charge in [-0.25, -0.2) is 10.0 Å². The molecular formula is C20H20N3O5S+.